The van der Waals surface area contributed by atoms with Gasteiger partial charge in [-0.3, -0.25) is 19.2 Å². The molecule has 1 saturated heterocycles. The van der Waals surface area contributed by atoms with Crippen LogP contribution in [0.5, 0.6) is 0 Å². The number of aliphatic hydroxyl groups is 3. The van der Waals surface area contributed by atoms with Crippen LogP contribution in [-0.4, -0.2) is 92.8 Å². The Morgan fingerprint density at radius 3 is 2.03 bits per heavy atom. The van der Waals surface area contributed by atoms with Crippen LogP contribution >= 0.6 is 0 Å². The number of cyclic esters (lactones) is 1. The molecule has 348 valence electrons. The van der Waals surface area contributed by atoms with E-state index in [-0.39, 0.29) is 42.5 Å². The van der Waals surface area contributed by atoms with Gasteiger partial charge in [0.2, 0.25) is 0 Å². The normalized spacial score (nSPS) is 29.6. The molecule has 3 N–H and O–H groups in total. The van der Waals surface area contributed by atoms with Gasteiger partial charge in [-0.15, -0.1) is 5.73 Å². The van der Waals surface area contributed by atoms with E-state index in [4.69, 9.17) is 23.7 Å². The van der Waals surface area contributed by atoms with Crippen molar-refractivity contribution in [1.29, 1.82) is 0 Å². The Kier molecular flexibility index (Phi) is 16.9. The van der Waals surface area contributed by atoms with E-state index >= 15 is 0 Å². The van der Waals surface area contributed by atoms with E-state index in [1.54, 1.807) is 26.0 Å². The third-order valence-corrected chi connectivity index (χ3v) is 12.3. The largest absolute Gasteiger partial charge is 0.508 e. The topological polar surface area (TPSA) is 195 Å². The first-order chi connectivity index (χ1) is 29.8. The van der Waals surface area contributed by atoms with Gasteiger partial charge in [0, 0.05) is 37.2 Å². The van der Waals surface area contributed by atoms with E-state index in [9.17, 15) is 39.3 Å². The molecular weight excluding hydrogens is 821 g/mol. The van der Waals surface area contributed by atoms with Crippen LogP contribution in [0.2, 0.25) is 0 Å². The smallest absolute Gasteiger partial charge is 0.335 e. The number of carbonyl (C=O) groups is 5. The van der Waals surface area contributed by atoms with Crippen LogP contribution in [-0.2, 0) is 47.7 Å². The Bertz CT molecular complexity index is 2110. The maximum absolute atomic E-state index is 13.5. The molecule has 3 fully saturated rings. The number of hydrogen-bond donors (Lipinski definition) is 3. The van der Waals surface area contributed by atoms with Crippen molar-refractivity contribution in [3.63, 3.8) is 0 Å². The molecular formula is C51H66O13. The lowest BCUT2D eigenvalue weighted by atomic mass is 9.61. The van der Waals surface area contributed by atoms with Gasteiger partial charge in [-0.25, -0.2) is 4.79 Å². The molecule has 0 amide bonds. The summed E-state index contributed by atoms with van der Waals surface area (Å²) in [6, 6.07) is 0. The van der Waals surface area contributed by atoms with Gasteiger partial charge in [-0.2, -0.15) is 0 Å². The lowest BCUT2D eigenvalue weighted by Gasteiger charge is -2.44. The third-order valence-electron chi connectivity index (χ3n) is 12.3. The van der Waals surface area contributed by atoms with Crippen molar-refractivity contribution in [1.82, 2.24) is 0 Å². The number of fused-ring (bicyclic) bond motifs is 1. The number of epoxide rings is 1. The van der Waals surface area contributed by atoms with Crippen molar-refractivity contribution < 1.29 is 63.0 Å². The minimum atomic E-state index is -1.46. The molecule has 13 nitrogen and oxygen atoms in total. The highest BCUT2D eigenvalue weighted by Crippen LogP contribution is 2.67. The number of Topliss-reactive ketones (excluding diaryl/α,β-unsaturated/α-hetero) is 1. The number of hydrogen-bond acceptors (Lipinski definition) is 13. The number of carbonyl (C=O) groups excluding carboxylic acids is 5. The van der Waals surface area contributed by atoms with Crippen molar-refractivity contribution in [2.24, 2.45) is 10.8 Å². The molecule has 7 atom stereocenters. The van der Waals surface area contributed by atoms with Gasteiger partial charge in [-0.1, -0.05) is 106 Å². The van der Waals surface area contributed by atoms with Gasteiger partial charge in [0.1, 0.15) is 36.3 Å². The highest BCUT2D eigenvalue weighted by atomic mass is 16.6. The number of esters is 4. The molecule has 4 rings (SSSR count). The summed E-state index contributed by atoms with van der Waals surface area (Å²) in [5.74, 6) is -3.01. The Morgan fingerprint density at radius 2 is 1.44 bits per heavy atom. The summed E-state index contributed by atoms with van der Waals surface area (Å²) < 4.78 is 27.2. The highest BCUT2D eigenvalue weighted by Gasteiger charge is 2.76. The second-order valence-electron chi connectivity index (χ2n) is 19.0. The minimum absolute atomic E-state index is 0.0343. The van der Waals surface area contributed by atoms with Gasteiger partial charge in [0.05, 0.1) is 30.1 Å². The van der Waals surface area contributed by atoms with Crippen LogP contribution in [0.15, 0.2) is 113 Å². The first kappa shape index (κ1) is 51.3. The molecule has 0 aromatic carbocycles. The van der Waals surface area contributed by atoms with Gasteiger partial charge >= 0.3 is 23.9 Å². The Labute approximate surface area is 377 Å². The average Bonchev–Trinajstić information content (AvgIpc) is 3.64. The molecule has 13 heteroatoms. The van der Waals surface area contributed by atoms with E-state index in [0.29, 0.717) is 31.3 Å². The summed E-state index contributed by atoms with van der Waals surface area (Å²) in [5.41, 5.74) is 3.27. The van der Waals surface area contributed by atoms with Gasteiger partial charge < -0.3 is 39.0 Å². The van der Waals surface area contributed by atoms with Crippen LogP contribution in [0, 0.1) is 10.8 Å². The first-order valence-corrected chi connectivity index (χ1v) is 21.7. The fourth-order valence-corrected chi connectivity index (χ4v) is 9.16. The van der Waals surface area contributed by atoms with Crippen LogP contribution in [0.3, 0.4) is 0 Å². The lowest BCUT2D eigenvalue weighted by Crippen LogP contribution is -2.49. The first-order valence-electron chi connectivity index (χ1n) is 21.7. The standard InChI is InChI=1S/C51H66O13/c1-33(18-13-11-12-14-23-42-47(5,6)27-37(61-36(4)52)29-49(42,9)59)19-15-16-20-34(2)21-17-22-35(3)40(54)31-51-48(7,8)28-38(30-50(51,10)64-51)62-44(57)25-24-43(56)60-32-41(55)46-39(53)26-45(58)63-46/h11-22,26,37-38,41,46,53,55,59H,24-25,27-32H2,1-10H3/b12-11+,16-15+,18-13+,21-17+,33-19+,34-20+,35-22+/t23?,37?,38?,41-,46-,49-,50?,51?/m0/s1. The van der Waals surface area contributed by atoms with Crippen LogP contribution in [0.4, 0.5) is 0 Å². The lowest BCUT2D eigenvalue weighted by molar-refractivity contribution is -0.159. The molecule has 4 aliphatic rings. The Morgan fingerprint density at radius 1 is 0.812 bits per heavy atom. The van der Waals surface area contributed by atoms with Crippen molar-refractivity contribution >= 4 is 29.7 Å². The number of rotatable bonds is 18. The molecule has 0 aromatic rings. The molecule has 4 unspecified atom stereocenters. The molecule has 64 heavy (non-hydrogen) atoms. The summed E-state index contributed by atoms with van der Waals surface area (Å²) in [7, 11) is 0. The Hall–Kier alpha value is -5.33. The molecule has 2 aliphatic carbocycles. The quantitative estimate of drug-likeness (QED) is 0.0300. The fourth-order valence-electron chi connectivity index (χ4n) is 9.16. The molecule has 0 spiro atoms. The van der Waals surface area contributed by atoms with Gasteiger partial charge in [0.25, 0.3) is 0 Å². The minimum Gasteiger partial charge on any atom is -0.508 e. The molecule has 0 bridgehead atoms. The second-order valence-corrected chi connectivity index (χ2v) is 19.0. The van der Waals surface area contributed by atoms with Crippen LogP contribution < -0.4 is 0 Å². The predicted molar refractivity (Wildman–Crippen MR) is 240 cm³/mol. The third kappa shape index (κ3) is 13.6. The van der Waals surface area contributed by atoms with Crippen molar-refractivity contribution in [3.05, 3.63) is 113 Å². The molecule has 2 heterocycles. The molecule has 2 aliphatic heterocycles. The SMILES string of the molecule is CC(=O)OC1CC(C)(C)C(=C=C/C=C/C=C/C(C)=C/C=C/C=C(C)/C=C/C=C(\C)C(=O)CC23OC2(C)CC(OC(=O)CCC(=O)OC[C@H](O)[C@H]2OC(=O)C=C2O)CC3(C)C)[C@@](C)(O)C1. The second kappa shape index (κ2) is 21.1. The summed E-state index contributed by atoms with van der Waals surface area (Å²) in [5, 5.41) is 30.8. The average molecular weight is 887 g/mol. The highest BCUT2D eigenvalue weighted by molar-refractivity contribution is 5.96. The van der Waals surface area contributed by atoms with Crippen molar-refractivity contribution in [3.8, 4) is 0 Å². The fraction of sp³-hybridized carbons (Fsp3) is 0.529. The van der Waals surface area contributed by atoms with Crippen molar-refractivity contribution in [2.75, 3.05) is 6.61 Å². The maximum Gasteiger partial charge on any atom is 0.335 e. The zero-order chi connectivity index (χ0) is 47.7. The zero-order valence-corrected chi connectivity index (χ0v) is 38.9. The maximum atomic E-state index is 13.5. The Balaban J connectivity index is 1.20. The van der Waals surface area contributed by atoms with Gasteiger partial charge in [-0.05, 0) is 64.5 Å². The van der Waals surface area contributed by atoms with E-state index in [1.807, 2.05) is 109 Å². The molecule has 0 aromatic heterocycles. The van der Waals surface area contributed by atoms with E-state index in [2.05, 4.69) is 5.73 Å². The number of ether oxygens (including phenoxy) is 5. The molecule has 2 saturated carbocycles. The van der Waals surface area contributed by atoms with Crippen LogP contribution in [0.25, 0.3) is 0 Å². The number of aliphatic hydroxyl groups excluding tert-OH is 2. The zero-order valence-electron chi connectivity index (χ0n) is 38.9. The summed E-state index contributed by atoms with van der Waals surface area (Å²) in [4.78, 5) is 61.1. The summed E-state index contributed by atoms with van der Waals surface area (Å²) in [6.07, 6.45) is 21.6. The van der Waals surface area contributed by atoms with E-state index in [1.165, 1.54) is 6.92 Å². The summed E-state index contributed by atoms with van der Waals surface area (Å²) >= 11 is 0. The van der Waals surface area contributed by atoms with Gasteiger partial charge in [0.15, 0.2) is 11.9 Å². The number of ketones is 1. The predicted octanol–water partition coefficient (Wildman–Crippen LogP) is 7.90. The van der Waals surface area contributed by atoms with Crippen molar-refractivity contribution in [2.45, 2.75) is 155 Å². The monoisotopic (exact) mass is 886 g/mol. The van der Waals surface area contributed by atoms with E-state index in [0.717, 1.165) is 22.8 Å². The number of allylic oxidation sites excluding steroid dienone is 14. The van der Waals surface area contributed by atoms with E-state index < -0.39 is 70.8 Å². The van der Waals surface area contributed by atoms with Crippen LogP contribution in [0.1, 0.15) is 114 Å². The molecule has 0 radical (unpaired) electrons. The summed E-state index contributed by atoms with van der Waals surface area (Å²) in [6.45, 7) is 18.3.